The maximum atomic E-state index is 12.8. The molecule has 0 saturated heterocycles. The van der Waals surface area contributed by atoms with Gasteiger partial charge in [-0.05, 0) is 54.4 Å². The van der Waals surface area contributed by atoms with Gasteiger partial charge in [0.25, 0.3) is 5.91 Å². The molecule has 0 saturated carbocycles. The highest BCUT2D eigenvalue weighted by atomic mass is 19.1. The van der Waals surface area contributed by atoms with Crippen molar-refractivity contribution in [1.82, 2.24) is 0 Å². The van der Waals surface area contributed by atoms with Gasteiger partial charge in [0, 0.05) is 23.5 Å². The van der Waals surface area contributed by atoms with Crippen LogP contribution in [0.15, 0.2) is 48.5 Å². The van der Waals surface area contributed by atoms with Gasteiger partial charge < -0.3 is 10.6 Å². The normalized spacial score (nSPS) is 10.5. The molecule has 1 amide bonds. The Labute approximate surface area is 124 Å². The van der Waals surface area contributed by atoms with E-state index in [4.69, 9.17) is 0 Å². The van der Waals surface area contributed by atoms with Crippen LogP contribution in [-0.4, -0.2) is 12.5 Å². The molecule has 0 heterocycles. The van der Waals surface area contributed by atoms with Crippen LogP contribution in [0, 0.1) is 11.7 Å². The van der Waals surface area contributed by atoms with Gasteiger partial charge in [-0.25, -0.2) is 4.39 Å². The summed E-state index contributed by atoms with van der Waals surface area (Å²) < 4.78 is 12.8. The Kier molecular flexibility index (Phi) is 4.93. The van der Waals surface area contributed by atoms with Gasteiger partial charge in [-0.15, -0.1) is 0 Å². The number of anilines is 2. The number of carbonyl (C=O) groups is 1. The van der Waals surface area contributed by atoms with Gasteiger partial charge in [0.15, 0.2) is 0 Å². The van der Waals surface area contributed by atoms with Gasteiger partial charge in [-0.3, -0.25) is 4.79 Å². The Morgan fingerprint density at radius 3 is 2.14 bits per heavy atom. The van der Waals surface area contributed by atoms with Crippen LogP contribution in [0.5, 0.6) is 0 Å². The number of carbonyl (C=O) groups excluding carboxylic acids is 1. The van der Waals surface area contributed by atoms with Gasteiger partial charge in [-0.1, -0.05) is 13.8 Å². The fourth-order valence-corrected chi connectivity index (χ4v) is 1.80. The zero-order valence-electron chi connectivity index (χ0n) is 12.2. The molecular formula is C17H19FN2O. The minimum Gasteiger partial charge on any atom is -0.385 e. The van der Waals surface area contributed by atoms with E-state index in [1.807, 2.05) is 24.3 Å². The van der Waals surface area contributed by atoms with E-state index < -0.39 is 0 Å². The molecule has 0 fully saturated rings. The van der Waals surface area contributed by atoms with Crippen LogP contribution in [0.2, 0.25) is 0 Å². The summed E-state index contributed by atoms with van der Waals surface area (Å²) in [7, 11) is 0. The van der Waals surface area contributed by atoms with E-state index in [9.17, 15) is 9.18 Å². The van der Waals surface area contributed by atoms with Crippen molar-refractivity contribution in [3.8, 4) is 0 Å². The molecule has 0 unspecified atom stereocenters. The van der Waals surface area contributed by atoms with E-state index >= 15 is 0 Å². The second kappa shape index (κ2) is 6.88. The molecule has 2 N–H and O–H groups in total. The molecular weight excluding hydrogens is 267 g/mol. The highest BCUT2D eigenvalue weighted by Gasteiger charge is 2.06. The number of halogens is 1. The third kappa shape index (κ3) is 4.60. The first kappa shape index (κ1) is 15.0. The number of hydrogen-bond donors (Lipinski definition) is 2. The molecule has 0 aromatic heterocycles. The van der Waals surface area contributed by atoms with Crippen molar-refractivity contribution >= 4 is 17.3 Å². The van der Waals surface area contributed by atoms with Crippen LogP contribution < -0.4 is 10.6 Å². The standard InChI is InChI=1S/C17H19FN2O/c1-12(2)11-19-15-7-9-16(10-8-15)20-17(21)13-3-5-14(18)6-4-13/h3-10,12,19H,11H2,1-2H3,(H,20,21). The predicted molar refractivity (Wildman–Crippen MR) is 84.1 cm³/mol. The van der Waals surface area contributed by atoms with Crippen molar-refractivity contribution in [2.24, 2.45) is 5.92 Å². The fourth-order valence-electron chi connectivity index (χ4n) is 1.80. The summed E-state index contributed by atoms with van der Waals surface area (Å²) in [6, 6.07) is 13.0. The van der Waals surface area contributed by atoms with Gasteiger partial charge in [0.2, 0.25) is 0 Å². The Morgan fingerprint density at radius 1 is 1.00 bits per heavy atom. The summed E-state index contributed by atoms with van der Waals surface area (Å²) in [5, 5.41) is 6.09. The SMILES string of the molecule is CC(C)CNc1ccc(NC(=O)c2ccc(F)cc2)cc1. The molecule has 0 aliphatic heterocycles. The zero-order chi connectivity index (χ0) is 15.2. The monoisotopic (exact) mass is 286 g/mol. The number of hydrogen-bond acceptors (Lipinski definition) is 2. The first-order valence-electron chi connectivity index (χ1n) is 6.95. The maximum Gasteiger partial charge on any atom is 0.255 e. The summed E-state index contributed by atoms with van der Waals surface area (Å²) in [4.78, 5) is 12.0. The molecule has 2 rings (SSSR count). The second-order valence-electron chi connectivity index (χ2n) is 5.31. The molecule has 0 spiro atoms. The minimum atomic E-state index is -0.355. The number of rotatable bonds is 5. The van der Waals surface area contributed by atoms with Crippen molar-refractivity contribution in [3.63, 3.8) is 0 Å². The van der Waals surface area contributed by atoms with Gasteiger partial charge in [0.1, 0.15) is 5.82 Å². The molecule has 0 bridgehead atoms. The summed E-state index contributed by atoms with van der Waals surface area (Å²) >= 11 is 0. The zero-order valence-corrected chi connectivity index (χ0v) is 12.2. The lowest BCUT2D eigenvalue weighted by molar-refractivity contribution is 0.102. The third-order valence-corrected chi connectivity index (χ3v) is 2.96. The number of amides is 1. The summed E-state index contributed by atoms with van der Waals surface area (Å²) in [6.07, 6.45) is 0. The summed E-state index contributed by atoms with van der Waals surface area (Å²) in [6.45, 7) is 5.19. The van der Waals surface area contributed by atoms with Gasteiger partial charge >= 0.3 is 0 Å². The Bertz CT molecular complexity index is 591. The van der Waals surface area contributed by atoms with Crippen molar-refractivity contribution in [2.75, 3.05) is 17.2 Å². The second-order valence-corrected chi connectivity index (χ2v) is 5.31. The quantitative estimate of drug-likeness (QED) is 0.867. The van der Waals surface area contributed by atoms with E-state index in [0.717, 1.165) is 12.2 Å². The smallest absolute Gasteiger partial charge is 0.255 e. The maximum absolute atomic E-state index is 12.8. The number of nitrogens with one attached hydrogen (secondary N) is 2. The van der Waals surface area contributed by atoms with Crippen molar-refractivity contribution < 1.29 is 9.18 Å². The summed E-state index contributed by atoms with van der Waals surface area (Å²) in [5.74, 6) is -0.0344. The van der Waals surface area contributed by atoms with Crippen LogP contribution in [0.3, 0.4) is 0 Å². The van der Waals surface area contributed by atoms with E-state index in [1.165, 1.54) is 24.3 Å². The number of benzene rings is 2. The Balaban J connectivity index is 1.96. The van der Waals surface area contributed by atoms with E-state index in [0.29, 0.717) is 17.2 Å². The third-order valence-electron chi connectivity index (χ3n) is 2.96. The molecule has 3 nitrogen and oxygen atoms in total. The van der Waals surface area contributed by atoms with Crippen molar-refractivity contribution in [3.05, 3.63) is 59.9 Å². The summed E-state index contributed by atoms with van der Waals surface area (Å²) in [5.41, 5.74) is 2.15. The van der Waals surface area contributed by atoms with Crippen molar-refractivity contribution in [2.45, 2.75) is 13.8 Å². The van der Waals surface area contributed by atoms with E-state index in [-0.39, 0.29) is 11.7 Å². The predicted octanol–water partition coefficient (Wildman–Crippen LogP) is 4.15. The van der Waals surface area contributed by atoms with E-state index in [2.05, 4.69) is 24.5 Å². The van der Waals surface area contributed by atoms with Crippen molar-refractivity contribution in [1.29, 1.82) is 0 Å². The van der Waals surface area contributed by atoms with E-state index in [1.54, 1.807) is 0 Å². The molecule has 110 valence electrons. The molecule has 0 aliphatic carbocycles. The first-order valence-corrected chi connectivity index (χ1v) is 6.95. The first-order chi connectivity index (χ1) is 10.0. The minimum absolute atomic E-state index is 0.252. The molecule has 0 atom stereocenters. The molecule has 4 heteroatoms. The lowest BCUT2D eigenvalue weighted by Gasteiger charge is -2.10. The molecule has 21 heavy (non-hydrogen) atoms. The van der Waals surface area contributed by atoms with Crippen LogP contribution in [-0.2, 0) is 0 Å². The molecule has 2 aromatic rings. The van der Waals surface area contributed by atoms with Gasteiger partial charge in [-0.2, -0.15) is 0 Å². The lowest BCUT2D eigenvalue weighted by Crippen LogP contribution is -2.12. The van der Waals surface area contributed by atoms with Crippen LogP contribution in [0.1, 0.15) is 24.2 Å². The average molecular weight is 286 g/mol. The van der Waals surface area contributed by atoms with Crippen LogP contribution in [0.25, 0.3) is 0 Å². The average Bonchev–Trinajstić information content (AvgIpc) is 2.47. The molecule has 0 radical (unpaired) electrons. The highest BCUT2D eigenvalue weighted by Crippen LogP contribution is 2.15. The van der Waals surface area contributed by atoms with Crippen LogP contribution in [0.4, 0.5) is 15.8 Å². The Morgan fingerprint density at radius 2 is 1.57 bits per heavy atom. The van der Waals surface area contributed by atoms with Gasteiger partial charge in [0.05, 0.1) is 0 Å². The lowest BCUT2D eigenvalue weighted by atomic mass is 10.2. The molecule has 0 aliphatic rings. The fraction of sp³-hybridized carbons (Fsp3) is 0.235. The largest absolute Gasteiger partial charge is 0.385 e. The van der Waals surface area contributed by atoms with Crippen LogP contribution >= 0.6 is 0 Å². The Hall–Kier alpha value is -2.36. The topological polar surface area (TPSA) is 41.1 Å². The molecule has 2 aromatic carbocycles. The highest BCUT2D eigenvalue weighted by molar-refractivity contribution is 6.04.